The van der Waals surface area contributed by atoms with Crippen LogP contribution in [-0.2, 0) is 4.74 Å². The minimum Gasteiger partial charge on any atom is -0.378 e. The van der Waals surface area contributed by atoms with Gasteiger partial charge in [-0.2, -0.15) is 0 Å². The number of piperazine rings is 1. The summed E-state index contributed by atoms with van der Waals surface area (Å²) in [5.74, 6) is 0.556. The summed E-state index contributed by atoms with van der Waals surface area (Å²) in [5.41, 5.74) is 2.64. The lowest BCUT2D eigenvalue weighted by molar-refractivity contribution is 0.0428. The highest BCUT2D eigenvalue weighted by atomic mass is 19.1. The van der Waals surface area contributed by atoms with Gasteiger partial charge in [-0.15, -0.1) is 0 Å². The van der Waals surface area contributed by atoms with E-state index in [-0.39, 0.29) is 11.8 Å². The molecule has 3 aromatic rings. The van der Waals surface area contributed by atoms with Crippen molar-refractivity contribution in [3.63, 3.8) is 0 Å². The molecule has 0 radical (unpaired) electrons. The van der Waals surface area contributed by atoms with Crippen LogP contribution < -0.4 is 4.90 Å². The number of rotatable bonds is 2. The molecule has 2 fully saturated rings. The van der Waals surface area contributed by atoms with E-state index in [4.69, 9.17) is 9.72 Å². The number of carbonyl (C=O) groups is 1. The fraction of sp³-hybridized carbons (Fsp3) is 0.348. The summed E-state index contributed by atoms with van der Waals surface area (Å²) >= 11 is 0. The summed E-state index contributed by atoms with van der Waals surface area (Å²) in [5, 5.41) is 0.978. The molecule has 0 spiro atoms. The summed E-state index contributed by atoms with van der Waals surface area (Å²) in [7, 11) is 0. The zero-order chi connectivity index (χ0) is 21.2. The van der Waals surface area contributed by atoms with Crippen molar-refractivity contribution in [3.05, 3.63) is 54.6 Å². The van der Waals surface area contributed by atoms with E-state index in [1.165, 1.54) is 12.1 Å². The maximum absolute atomic E-state index is 13.4. The van der Waals surface area contributed by atoms with Crippen LogP contribution in [0.3, 0.4) is 0 Å². The molecule has 7 nitrogen and oxygen atoms in total. The highest BCUT2D eigenvalue weighted by Crippen LogP contribution is 2.32. The van der Waals surface area contributed by atoms with E-state index in [1.54, 1.807) is 18.3 Å². The smallest absolute Gasteiger partial charge is 0.320 e. The van der Waals surface area contributed by atoms with Gasteiger partial charge in [0.1, 0.15) is 11.3 Å². The van der Waals surface area contributed by atoms with E-state index in [0.29, 0.717) is 52.5 Å². The van der Waals surface area contributed by atoms with Crippen molar-refractivity contribution in [2.75, 3.05) is 57.4 Å². The molecule has 0 aliphatic carbocycles. The van der Waals surface area contributed by atoms with Crippen LogP contribution in [0.25, 0.3) is 22.0 Å². The first kappa shape index (κ1) is 19.7. The number of fused-ring (bicyclic) bond motifs is 1. The van der Waals surface area contributed by atoms with Gasteiger partial charge >= 0.3 is 6.03 Å². The predicted molar refractivity (Wildman–Crippen MR) is 117 cm³/mol. The maximum atomic E-state index is 13.4. The number of aromatic nitrogens is 2. The second kappa shape index (κ2) is 8.47. The predicted octanol–water partition coefficient (Wildman–Crippen LogP) is 3.01. The van der Waals surface area contributed by atoms with Gasteiger partial charge in [0.15, 0.2) is 5.82 Å². The summed E-state index contributed by atoms with van der Waals surface area (Å²) in [6.07, 6.45) is 3.60. The third-order valence-corrected chi connectivity index (χ3v) is 5.91. The number of amides is 2. The number of urea groups is 1. The lowest BCUT2D eigenvalue weighted by Gasteiger charge is -2.39. The number of anilines is 1. The van der Waals surface area contributed by atoms with Crippen molar-refractivity contribution in [1.29, 1.82) is 0 Å². The Bertz CT molecular complexity index is 1080. The molecular formula is C23H24FN5O2. The minimum atomic E-state index is -0.264. The fourth-order valence-electron chi connectivity index (χ4n) is 4.21. The molecule has 0 unspecified atom stereocenters. The van der Waals surface area contributed by atoms with Crippen LogP contribution in [0.5, 0.6) is 0 Å². The molecule has 0 N–H and O–H groups in total. The Morgan fingerprint density at radius 1 is 0.903 bits per heavy atom. The van der Waals surface area contributed by atoms with Gasteiger partial charge in [0, 0.05) is 62.6 Å². The number of halogens is 1. The largest absolute Gasteiger partial charge is 0.378 e. The van der Waals surface area contributed by atoms with Crippen molar-refractivity contribution in [3.8, 4) is 11.1 Å². The van der Waals surface area contributed by atoms with E-state index >= 15 is 0 Å². The summed E-state index contributed by atoms with van der Waals surface area (Å²) in [4.78, 5) is 28.1. The van der Waals surface area contributed by atoms with Gasteiger partial charge in [0.25, 0.3) is 0 Å². The lowest BCUT2D eigenvalue weighted by Crippen LogP contribution is -2.55. The molecule has 2 aromatic heterocycles. The number of hydrogen-bond acceptors (Lipinski definition) is 5. The summed E-state index contributed by atoms with van der Waals surface area (Å²) in [6, 6.07) is 10.4. The third-order valence-electron chi connectivity index (χ3n) is 5.91. The Hall–Kier alpha value is -3.26. The number of benzene rings is 1. The van der Waals surface area contributed by atoms with Crippen LogP contribution in [0.4, 0.5) is 15.0 Å². The van der Waals surface area contributed by atoms with E-state index in [0.717, 1.165) is 27.8 Å². The summed E-state index contributed by atoms with van der Waals surface area (Å²) < 4.78 is 18.7. The number of carbonyl (C=O) groups excluding carboxylic acids is 1. The van der Waals surface area contributed by atoms with Crippen molar-refractivity contribution in [2.24, 2.45) is 0 Å². The molecule has 1 aromatic carbocycles. The molecule has 0 atom stereocenters. The standard InChI is InChI=1S/C23H24FN5O2/c24-18-5-3-17(4-6-18)20-16-26-22(21-19(20)2-1-7-25-21)27-8-10-28(11-9-27)23(30)29-12-14-31-15-13-29/h1-7,16H,8-15H2. The molecule has 8 heteroatoms. The van der Waals surface area contributed by atoms with Gasteiger partial charge < -0.3 is 19.4 Å². The third kappa shape index (κ3) is 3.90. The van der Waals surface area contributed by atoms with Gasteiger partial charge in [0.2, 0.25) is 0 Å². The average Bonchev–Trinajstić information content (AvgIpc) is 2.84. The monoisotopic (exact) mass is 421 g/mol. The molecular weight excluding hydrogens is 397 g/mol. The van der Waals surface area contributed by atoms with Crippen LogP contribution in [0.2, 0.25) is 0 Å². The van der Waals surface area contributed by atoms with Crippen molar-refractivity contribution in [2.45, 2.75) is 0 Å². The molecule has 4 heterocycles. The van der Waals surface area contributed by atoms with E-state index in [1.807, 2.05) is 28.1 Å². The lowest BCUT2D eigenvalue weighted by atomic mass is 10.0. The molecule has 2 saturated heterocycles. The van der Waals surface area contributed by atoms with Crippen molar-refractivity contribution < 1.29 is 13.9 Å². The first-order chi connectivity index (χ1) is 15.2. The van der Waals surface area contributed by atoms with Gasteiger partial charge in [0.05, 0.1) is 13.2 Å². The Labute approximate surface area is 180 Å². The maximum Gasteiger partial charge on any atom is 0.320 e. The zero-order valence-corrected chi connectivity index (χ0v) is 17.2. The fourth-order valence-corrected chi connectivity index (χ4v) is 4.21. The second-order valence-corrected chi connectivity index (χ2v) is 7.76. The molecule has 2 aliphatic heterocycles. The van der Waals surface area contributed by atoms with Gasteiger partial charge in [-0.3, -0.25) is 4.98 Å². The first-order valence-corrected chi connectivity index (χ1v) is 10.6. The Morgan fingerprint density at radius 2 is 1.61 bits per heavy atom. The van der Waals surface area contributed by atoms with E-state index in [9.17, 15) is 9.18 Å². The molecule has 2 amide bonds. The Kier molecular flexibility index (Phi) is 5.38. The molecule has 160 valence electrons. The second-order valence-electron chi connectivity index (χ2n) is 7.76. The first-order valence-electron chi connectivity index (χ1n) is 10.6. The summed E-state index contributed by atoms with van der Waals surface area (Å²) in [6.45, 7) is 5.20. The number of ether oxygens (including phenoxy) is 1. The van der Waals surface area contributed by atoms with Gasteiger partial charge in [-0.05, 0) is 23.8 Å². The van der Waals surface area contributed by atoms with Crippen LogP contribution in [-0.4, -0.2) is 78.3 Å². The number of morpholine rings is 1. The average molecular weight is 421 g/mol. The van der Waals surface area contributed by atoms with Crippen LogP contribution in [0, 0.1) is 5.82 Å². The van der Waals surface area contributed by atoms with Crippen molar-refractivity contribution >= 4 is 22.8 Å². The normalized spacial score (nSPS) is 17.3. The van der Waals surface area contributed by atoms with Crippen LogP contribution in [0.1, 0.15) is 0 Å². The molecule has 0 bridgehead atoms. The van der Waals surface area contributed by atoms with E-state index < -0.39 is 0 Å². The minimum absolute atomic E-state index is 0.0885. The SMILES string of the molecule is O=C(N1CCOCC1)N1CCN(c2ncc(-c3ccc(F)cc3)c3cccnc23)CC1. The number of nitrogens with zero attached hydrogens (tertiary/aromatic N) is 5. The van der Waals surface area contributed by atoms with Crippen molar-refractivity contribution in [1.82, 2.24) is 19.8 Å². The molecule has 5 rings (SSSR count). The van der Waals surface area contributed by atoms with Crippen LogP contribution >= 0.6 is 0 Å². The Morgan fingerprint density at radius 3 is 2.35 bits per heavy atom. The molecule has 2 aliphatic rings. The van der Waals surface area contributed by atoms with Gasteiger partial charge in [-0.25, -0.2) is 14.2 Å². The van der Waals surface area contributed by atoms with E-state index in [2.05, 4.69) is 9.88 Å². The topological polar surface area (TPSA) is 61.8 Å². The number of pyridine rings is 2. The molecule has 31 heavy (non-hydrogen) atoms. The van der Waals surface area contributed by atoms with Gasteiger partial charge in [-0.1, -0.05) is 18.2 Å². The zero-order valence-electron chi connectivity index (χ0n) is 17.2. The quantitative estimate of drug-likeness (QED) is 0.637. The highest BCUT2D eigenvalue weighted by molar-refractivity contribution is 5.99. The Balaban J connectivity index is 1.37. The number of hydrogen-bond donors (Lipinski definition) is 0. The highest BCUT2D eigenvalue weighted by Gasteiger charge is 2.27. The van der Waals surface area contributed by atoms with Crippen LogP contribution in [0.15, 0.2) is 48.8 Å². The molecule has 0 saturated carbocycles.